The van der Waals surface area contributed by atoms with Gasteiger partial charge in [-0.15, -0.1) is 0 Å². The lowest BCUT2D eigenvalue weighted by Gasteiger charge is -2.40. The maximum Gasteiger partial charge on any atom is 0.0647 e. The molecule has 1 N–H and O–H groups in total. The van der Waals surface area contributed by atoms with Crippen LogP contribution in [-0.2, 0) is 0 Å². The lowest BCUT2D eigenvalue weighted by molar-refractivity contribution is -0.0509. The Labute approximate surface area is 76.2 Å². The van der Waals surface area contributed by atoms with Crippen molar-refractivity contribution < 1.29 is 5.11 Å². The van der Waals surface area contributed by atoms with Crippen molar-refractivity contribution in [2.75, 3.05) is 0 Å². The van der Waals surface area contributed by atoms with Gasteiger partial charge in [0.15, 0.2) is 0 Å². The molecule has 0 aromatic rings. The summed E-state index contributed by atoms with van der Waals surface area (Å²) in [6, 6.07) is 0. The summed E-state index contributed by atoms with van der Waals surface area (Å²) in [6.45, 7) is 8.68. The fourth-order valence-corrected chi connectivity index (χ4v) is 2.18. The van der Waals surface area contributed by atoms with Crippen LogP contribution in [0.25, 0.3) is 0 Å². The lowest BCUT2D eigenvalue weighted by atomic mass is 9.69. The Morgan fingerprint density at radius 3 is 2.33 bits per heavy atom. The Morgan fingerprint density at radius 1 is 1.33 bits per heavy atom. The van der Waals surface area contributed by atoms with Gasteiger partial charge in [-0.2, -0.15) is 0 Å². The van der Waals surface area contributed by atoms with E-state index in [2.05, 4.69) is 20.8 Å². The summed E-state index contributed by atoms with van der Waals surface area (Å²) in [4.78, 5) is 0. The molecule has 0 bridgehead atoms. The molecule has 0 spiro atoms. The van der Waals surface area contributed by atoms with Gasteiger partial charge in [0.25, 0.3) is 0 Å². The minimum atomic E-state index is -0.410. The molecule has 1 rings (SSSR count). The molecule has 0 aliphatic heterocycles. The highest BCUT2D eigenvalue weighted by molar-refractivity contribution is 4.88. The third kappa shape index (κ3) is 2.01. The SMILES string of the molecule is CC(C)[C@@H]1CC[C@H](C)[C@@](C)(O)C1. The van der Waals surface area contributed by atoms with E-state index in [0.717, 1.165) is 18.3 Å². The van der Waals surface area contributed by atoms with E-state index in [1.807, 2.05) is 6.92 Å². The van der Waals surface area contributed by atoms with Crippen molar-refractivity contribution in [3.8, 4) is 0 Å². The van der Waals surface area contributed by atoms with E-state index in [1.54, 1.807) is 0 Å². The van der Waals surface area contributed by atoms with Crippen LogP contribution in [0.15, 0.2) is 0 Å². The van der Waals surface area contributed by atoms with Crippen molar-refractivity contribution in [3.05, 3.63) is 0 Å². The largest absolute Gasteiger partial charge is 0.390 e. The molecule has 0 heterocycles. The van der Waals surface area contributed by atoms with Gasteiger partial charge in [0, 0.05) is 0 Å². The van der Waals surface area contributed by atoms with E-state index < -0.39 is 5.60 Å². The van der Waals surface area contributed by atoms with Crippen LogP contribution in [0.1, 0.15) is 47.0 Å². The Morgan fingerprint density at radius 2 is 1.92 bits per heavy atom. The highest BCUT2D eigenvalue weighted by Crippen LogP contribution is 2.39. The van der Waals surface area contributed by atoms with Gasteiger partial charge >= 0.3 is 0 Å². The van der Waals surface area contributed by atoms with Gasteiger partial charge in [0.2, 0.25) is 0 Å². The molecule has 1 aliphatic rings. The molecule has 12 heavy (non-hydrogen) atoms. The first kappa shape index (κ1) is 10.0. The highest BCUT2D eigenvalue weighted by atomic mass is 16.3. The summed E-state index contributed by atoms with van der Waals surface area (Å²) >= 11 is 0. The van der Waals surface area contributed by atoms with Crippen LogP contribution >= 0.6 is 0 Å². The minimum absolute atomic E-state index is 0.410. The zero-order valence-electron chi connectivity index (χ0n) is 8.80. The van der Waals surface area contributed by atoms with E-state index in [0.29, 0.717) is 5.92 Å². The van der Waals surface area contributed by atoms with Gasteiger partial charge < -0.3 is 5.11 Å². The molecular weight excluding hydrogens is 148 g/mol. The van der Waals surface area contributed by atoms with E-state index in [9.17, 15) is 5.11 Å². The van der Waals surface area contributed by atoms with Crippen LogP contribution in [0.3, 0.4) is 0 Å². The van der Waals surface area contributed by atoms with Crippen molar-refractivity contribution in [3.63, 3.8) is 0 Å². The van der Waals surface area contributed by atoms with Gasteiger partial charge in [-0.25, -0.2) is 0 Å². The van der Waals surface area contributed by atoms with Crippen molar-refractivity contribution in [2.45, 2.75) is 52.6 Å². The second-order valence-electron chi connectivity index (χ2n) is 5.04. The van der Waals surface area contributed by atoms with E-state index in [4.69, 9.17) is 0 Å². The molecule has 0 unspecified atom stereocenters. The van der Waals surface area contributed by atoms with E-state index in [1.165, 1.54) is 12.8 Å². The third-order valence-corrected chi connectivity index (χ3v) is 3.65. The molecule has 0 radical (unpaired) electrons. The smallest absolute Gasteiger partial charge is 0.0647 e. The second kappa shape index (κ2) is 3.37. The summed E-state index contributed by atoms with van der Waals surface area (Å²) < 4.78 is 0. The topological polar surface area (TPSA) is 20.2 Å². The highest BCUT2D eigenvalue weighted by Gasteiger charge is 2.36. The van der Waals surface area contributed by atoms with Crippen molar-refractivity contribution in [1.82, 2.24) is 0 Å². The van der Waals surface area contributed by atoms with Crippen LogP contribution in [-0.4, -0.2) is 10.7 Å². The van der Waals surface area contributed by atoms with Crippen LogP contribution in [0.2, 0.25) is 0 Å². The molecule has 0 aromatic heterocycles. The molecular formula is C11H22O. The van der Waals surface area contributed by atoms with Gasteiger partial charge in [-0.05, 0) is 43.9 Å². The standard InChI is InChI=1S/C11H22O/c1-8(2)10-6-5-9(3)11(4,12)7-10/h8-10,12H,5-7H2,1-4H3/t9-,10+,11-/m0/s1. The number of hydrogen-bond donors (Lipinski definition) is 1. The molecule has 3 atom stereocenters. The van der Waals surface area contributed by atoms with Crippen LogP contribution in [0, 0.1) is 17.8 Å². The summed E-state index contributed by atoms with van der Waals surface area (Å²) in [5.41, 5.74) is -0.410. The van der Waals surface area contributed by atoms with Crippen molar-refractivity contribution >= 4 is 0 Å². The van der Waals surface area contributed by atoms with Crippen molar-refractivity contribution in [2.24, 2.45) is 17.8 Å². The number of rotatable bonds is 1. The predicted octanol–water partition coefficient (Wildman–Crippen LogP) is 2.83. The average molecular weight is 170 g/mol. The first-order valence-corrected chi connectivity index (χ1v) is 5.16. The fraction of sp³-hybridized carbons (Fsp3) is 1.00. The zero-order chi connectivity index (χ0) is 9.35. The van der Waals surface area contributed by atoms with Gasteiger partial charge in [0.1, 0.15) is 0 Å². The molecule has 72 valence electrons. The fourth-order valence-electron chi connectivity index (χ4n) is 2.18. The summed E-state index contributed by atoms with van der Waals surface area (Å²) in [7, 11) is 0. The van der Waals surface area contributed by atoms with Crippen LogP contribution < -0.4 is 0 Å². The lowest BCUT2D eigenvalue weighted by Crippen LogP contribution is -2.40. The quantitative estimate of drug-likeness (QED) is 0.641. The normalized spacial score (nSPS) is 43.5. The molecule has 0 amide bonds. The first-order valence-electron chi connectivity index (χ1n) is 5.16. The maximum absolute atomic E-state index is 10.1. The minimum Gasteiger partial charge on any atom is -0.390 e. The van der Waals surface area contributed by atoms with Crippen LogP contribution in [0.4, 0.5) is 0 Å². The Hall–Kier alpha value is -0.0400. The molecule has 1 nitrogen and oxygen atoms in total. The molecule has 0 saturated heterocycles. The van der Waals surface area contributed by atoms with Crippen molar-refractivity contribution in [1.29, 1.82) is 0 Å². The number of aliphatic hydroxyl groups is 1. The van der Waals surface area contributed by atoms with Gasteiger partial charge in [-0.3, -0.25) is 0 Å². The number of hydrogen-bond acceptors (Lipinski definition) is 1. The molecule has 0 aromatic carbocycles. The molecule has 1 saturated carbocycles. The Balaban J connectivity index is 2.57. The predicted molar refractivity (Wildman–Crippen MR) is 52.0 cm³/mol. The summed E-state index contributed by atoms with van der Waals surface area (Å²) in [6.07, 6.45) is 3.48. The Kier molecular flexibility index (Phi) is 2.82. The average Bonchev–Trinajstić information content (AvgIpc) is 1.94. The van der Waals surface area contributed by atoms with Gasteiger partial charge in [-0.1, -0.05) is 20.8 Å². The maximum atomic E-state index is 10.1. The molecule has 1 heteroatoms. The molecule has 1 fully saturated rings. The monoisotopic (exact) mass is 170 g/mol. The summed E-state index contributed by atoms with van der Waals surface area (Å²) in [5.74, 6) is 1.94. The van der Waals surface area contributed by atoms with Gasteiger partial charge in [0.05, 0.1) is 5.60 Å². The first-order chi connectivity index (χ1) is 5.43. The zero-order valence-corrected chi connectivity index (χ0v) is 8.80. The summed E-state index contributed by atoms with van der Waals surface area (Å²) in [5, 5.41) is 10.1. The van der Waals surface area contributed by atoms with E-state index >= 15 is 0 Å². The van der Waals surface area contributed by atoms with E-state index in [-0.39, 0.29) is 0 Å². The van der Waals surface area contributed by atoms with Crippen LogP contribution in [0.5, 0.6) is 0 Å². The molecule has 1 aliphatic carbocycles. The Bertz CT molecular complexity index is 149. The second-order valence-corrected chi connectivity index (χ2v) is 5.04. The third-order valence-electron chi connectivity index (χ3n) is 3.65.